The molecule has 156 valence electrons. The van der Waals surface area contributed by atoms with Gasteiger partial charge in [-0.3, -0.25) is 19.2 Å². The summed E-state index contributed by atoms with van der Waals surface area (Å²) in [5.41, 5.74) is 3.84. The Hall–Kier alpha value is -2.67. The number of benzene rings is 1. The van der Waals surface area contributed by atoms with E-state index in [4.69, 9.17) is 5.11 Å². The molecule has 1 unspecified atom stereocenters. The molecule has 3 rings (SSSR count). The van der Waals surface area contributed by atoms with Crippen LogP contribution >= 0.6 is 0 Å². The second-order valence-electron chi connectivity index (χ2n) is 7.97. The summed E-state index contributed by atoms with van der Waals surface area (Å²) in [5, 5.41) is 13.5. The van der Waals surface area contributed by atoms with Gasteiger partial charge in [0.1, 0.15) is 0 Å². The first-order valence-electron chi connectivity index (χ1n) is 10.1. The van der Waals surface area contributed by atoms with Crippen molar-refractivity contribution in [1.82, 2.24) is 19.6 Å². The average molecular weight is 399 g/mol. The molecular weight excluding hydrogens is 368 g/mol. The van der Waals surface area contributed by atoms with Crippen LogP contribution in [0.1, 0.15) is 46.6 Å². The molecule has 1 saturated heterocycles. The van der Waals surface area contributed by atoms with Gasteiger partial charge in [-0.15, -0.1) is 0 Å². The summed E-state index contributed by atoms with van der Waals surface area (Å²) in [5.74, 6) is -0.772. The Kier molecular flexibility index (Phi) is 6.69. The monoisotopic (exact) mass is 398 g/mol. The number of carboxylic acids is 1. The molecule has 0 radical (unpaired) electrons. The zero-order chi connectivity index (χ0) is 21.0. The number of aliphatic carboxylic acids is 1. The summed E-state index contributed by atoms with van der Waals surface area (Å²) < 4.78 is 1.95. The molecule has 1 aromatic carbocycles. The van der Waals surface area contributed by atoms with Crippen LogP contribution in [0.25, 0.3) is 0 Å². The van der Waals surface area contributed by atoms with Crippen molar-refractivity contribution < 1.29 is 14.7 Å². The van der Waals surface area contributed by atoms with Crippen molar-refractivity contribution in [2.45, 2.75) is 45.7 Å². The molecule has 0 spiro atoms. The quantitative estimate of drug-likeness (QED) is 0.809. The van der Waals surface area contributed by atoms with E-state index in [0.717, 1.165) is 36.2 Å². The number of nitrogens with zero attached hydrogens (tertiary/aromatic N) is 4. The van der Waals surface area contributed by atoms with Gasteiger partial charge in [0.2, 0.25) is 0 Å². The maximum absolute atomic E-state index is 13.1. The molecule has 1 N–H and O–H groups in total. The predicted octanol–water partition coefficient (Wildman–Crippen LogP) is 2.56. The van der Waals surface area contributed by atoms with Crippen LogP contribution in [0, 0.1) is 13.8 Å². The van der Waals surface area contributed by atoms with Crippen molar-refractivity contribution in [3.05, 3.63) is 52.8 Å². The number of hydrogen-bond donors (Lipinski definition) is 1. The van der Waals surface area contributed by atoms with E-state index >= 15 is 0 Å². The summed E-state index contributed by atoms with van der Waals surface area (Å²) in [4.78, 5) is 27.8. The Labute approximate surface area is 171 Å². The summed E-state index contributed by atoms with van der Waals surface area (Å²) in [6.45, 7) is 6.04. The molecule has 7 heteroatoms. The summed E-state index contributed by atoms with van der Waals surface area (Å²) in [7, 11) is 1.85. The van der Waals surface area contributed by atoms with E-state index in [9.17, 15) is 9.59 Å². The fraction of sp³-hybridized carbons (Fsp3) is 0.500. The minimum absolute atomic E-state index is 0.0347. The van der Waals surface area contributed by atoms with Gasteiger partial charge >= 0.3 is 5.97 Å². The van der Waals surface area contributed by atoms with Crippen molar-refractivity contribution in [3.63, 3.8) is 0 Å². The van der Waals surface area contributed by atoms with Crippen molar-refractivity contribution in [2.75, 3.05) is 26.7 Å². The second-order valence-corrected chi connectivity index (χ2v) is 7.97. The van der Waals surface area contributed by atoms with E-state index in [1.165, 1.54) is 0 Å². The molecule has 29 heavy (non-hydrogen) atoms. The Balaban J connectivity index is 1.65. The lowest BCUT2D eigenvalue weighted by Gasteiger charge is -2.25. The average Bonchev–Trinajstić information content (AvgIpc) is 2.86. The SMILES string of the molecule is Cc1cc(C)n(Cc2cccc(C(=O)N3CCCC(N(C)CC(=O)O)CC3)c2)n1. The highest BCUT2D eigenvalue weighted by Gasteiger charge is 2.24. The minimum Gasteiger partial charge on any atom is -0.480 e. The third-order valence-corrected chi connectivity index (χ3v) is 5.60. The molecule has 0 bridgehead atoms. The van der Waals surface area contributed by atoms with Crippen LogP contribution in [0.2, 0.25) is 0 Å². The van der Waals surface area contributed by atoms with Gasteiger partial charge in [0.05, 0.1) is 18.8 Å². The number of carbonyl (C=O) groups is 2. The summed E-state index contributed by atoms with van der Waals surface area (Å²) >= 11 is 0. The van der Waals surface area contributed by atoms with Gasteiger partial charge < -0.3 is 10.0 Å². The number of likely N-dealkylation sites (N-methyl/N-ethyl adjacent to an activating group) is 1. The normalized spacial score (nSPS) is 17.4. The van der Waals surface area contributed by atoms with Crippen LogP contribution in [0.3, 0.4) is 0 Å². The number of carbonyl (C=O) groups excluding carboxylic acids is 1. The number of rotatable bonds is 6. The van der Waals surface area contributed by atoms with E-state index in [1.807, 2.05) is 65.7 Å². The standard InChI is InChI=1S/C22H30N4O3/c1-16-12-17(2)26(23-16)14-18-6-4-7-19(13-18)22(29)25-10-5-8-20(9-11-25)24(3)15-21(27)28/h4,6-7,12-13,20H,5,8-11,14-15H2,1-3H3,(H,27,28). The molecule has 2 heterocycles. The third kappa shape index (κ3) is 5.44. The Morgan fingerprint density at radius 1 is 1.21 bits per heavy atom. The molecule has 1 aromatic heterocycles. The molecule has 2 aromatic rings. The first-order valence-corrected chi connectivity index (χ1v) is 10.1. The first-order chi connectivity index (χ1) is 13.8. The van der Waals surface area contributed by atoms with E-state index in [2.05, 4.69) is 5.10 Å². The molecule has 0 saturated carbocycles. The van der Waals surface area contributed by atoms with E-state index in [-0.39, 0.29) is 18.5 Å². The highest BCUT2D eigenvalue weighted by atomic mass is 16.4. The fourth-order valence-electron chi connectivity index (χ4n) is 4.06. The number of aromatic nitrogens is 2. The van der Waals surface area contributed by atoms with Gasteiger partial charge in [-0.25, -0.2) is 0 Å². The van der Waals surface area contributed by atoms with Crippen molar-refractivity contribution >= 4 is 11.9 Å². The molecule has 1 fully saturated rings. The molecular formula is C22H30N4O3. The number of aryl methyl sites for hydroxylation is 2. The molecule has 1 amide bonds. The van der Waals surface area contributed by atoms with Gasteiger partial charge in [-0.1, -0.05) is 12.1 Å². The summed E-state index contributed by atoms with van der Waals surface area (Å²) in [6.07, 6.45) is 2.58. The van der Waals surface area contributed by atoms with Crippen LogP contribution in [0.5, 0.6) is 0 Å². The number of amides is 1. The second kappa shape index (κ2) is 9.22. The largest absolute Gasteiger partial charge is 0.480 e. The van der Waals surface area contributed by atoms with Crippen molar-refractivity contribution in [1.29, 1.82) is 0 Å². The Morgan fingerprint density at radius 2 is 2.00 bits per heavy atom. The fourth-order valence-corrected chi connectivity index (χ4v) is 4.06. The lowest BCUT2D eigenvalue weighted by Crippen LogP contribution is -2.37. The molecule has 0 aliphatic carbocycles. The van der Waals surface area contributed by atoms with Gasteiger partial charge in [0.15, 0.2) is 0 Å². The topological polar surface area (TPSA) is 78.7 Å². The number of hydrogen-bond acceptors (Lipinski definition) is 4. The van der Waals surface area contributed by atoms with Gasteiger partial charge in [-0.2, -0.15) is 5.10 Å². The lowest BCUT2D eigenvalue weighted by atomic mass is 10.1. The minimum atomic E-state index is -0.816. The zero-order valence-electron chi connectivity index (χ0n) is 17.5. The number of carboxylic acid groups (broad SMARTS) is 1. The lowest BCUT2D eigenvalue weighted by molar-refractivity contribution is -0.138. The number of likely N-dealkylation sites (tertiary alicyclic amines) is 1. The van der Waals surface area contributed by atoms with Crippen LogP contribution in [0.15, 0.2) is 30.3 Å². The van der Waals surface area contributed by atoms with Crippen molar-refractivity contribution in [2.24, 2.45) is 0 Å². The zero-order valence-corrected chi connectivity index (χ0v) is 17.5. The maximum Gasteiger partial charge on any atom is 0.317 e. The van der Waals surface area contributed by atoms with Crippen molar-refractivity contribution in [3.8, 4) is 0 Å². The third-order valence-electron chi connectivity index (χ3n) is 5.60. The summed E-state index contributed by atoms with van der Waals surface area (Å²) in [6, 6.07) is 10.0. The predicted molar refractivity (Wildman–Crippen MR) is 111 cm³/mol. The van der Waals surface area contributed by atoms with Gasteiger partial charge in [-0.05, 0) is 63.9 Å². The molecule has 1 aliphatic heterocycles. The van der Waals surface area contributed by atoms with Crippen LogP contribution < -0.4 is 0 Å². The van der Waals surface area contributed by atoms with E-state index in [0.29, 0.717) is 25.2 Å². The van der Waals surface area contributed by atoms with Crippen LogP contribution in [-0.4, -0.2) is 69.3 Å². The highest BCUT2D eigenvalue weighted by Crippen LogP contribution is 2.18. The Bertz CT molecular complexity index is 877. The van der Waals surface area contributed by atoms with Gasteiger partial charge in [0, 0.05) is 30.4 Å². The Morgan fingerprint density at radius 3 is 2.69 bits per heavy atom. The van der Waals surface area contributed by atoms with Crippen LogP contribution in [-0.2, 0) is 11.3 Å². The van der Waals surface area contributed by atoms with Crippen LogP contribution in [0.4, 0.5) is 0 Å². The molecule has 1 atom stereocenters. The first kappa shape index (κ1) is 21.0. The smallest absolute Gasteiger partial charge is 0.317 e. The van der Waals surface area contributed by atoms with Gasteiger partial charge in [0.25, 0.3) is 5.91 Å². The maximum atomic E-state index is 13.1. The van der Waals surface area contributed by atoms with E-state index < -0.39 is 5.97 Å². The molecule has 1 aliphatic rings. The van der Waals surface area contributed by atoms with E-state index in [1.54, 1.807) is 0 Å². The highest BCUT2D eigenvalue weighted by molar-refractivity contribution is 5.94. The molecule has 7 nitrogen and oxygen atoms in total.